The van der Waals surface area contributed by atoms with Gasteiger partial charge in [0.15, 0.2) is 5.82 Å². The number of piperidine rings is 1. The minimum Gasteiger partial charge on any atom is -0.494 e. The molecule has 0 bridgehead atoms. The van der Waals surface area contributed by atoms with Crippen LogP contribution in [0.4, 0.5) is 4.79 Å². The molecule has 0 unspecified atom stereocenters. The van der Waals surface area contributed by atoms with E-state index in [1.165, 1.54) is 12.8 Å². The number of pyridine rings is 1. The lowest BCUT2D eigenvalue weighted by molar-refractivity contribution is 0.0412. The highest BCUT2D eigenvalue weighted by molar-refractivity contribution is 6.00. The predicted molar refractivity (Wildman–Crippen MR) is 162 cm³/mol. The molecule has 2 atom stereocenters. The third kappa shape index (κ3) is 5.42. The van der Waals surface area contributed by atoms with Crippen LogP contribution >= 0.6 is 0 Å². The van der Waals surface area contributed by atoms with Crippen molar-refractivity contribution >= 4 is 34.1 Å². The highest BCUT2D eigenvalue weighted by Crippen LogP contribution is 2.37. The summed E-state index contributed by atoms with van der Waals surface area (Å²) in [5, 5.41) is 4.02. The number of carbonyl (C=O) groups excluding carboxylic acids is 2. The first-order chi connectivity index (χ1) is 20.0. The van der Waals surface area contributed by atoms with Crippen molar-refractivity contribution in [2.75, 3.05) is 13.7 Å². The molecular formula is C32H40N6O4. The van der Waals surface area contributed by atoms with Gasteiger partial charge in [0.2, 0.25) is 0 Å². The van der Waals surface area contributed by atoms with Crippen molar-refractivity contribution in [2.24, 2.45) is 13.0 Å². The van der Waals surface area contributed by atoms with E-state index in [2.05, 4.69) is 27.0 Å². The number of carbonyl (C=O) groups is 2. The lowest BCUT2D eigenvalue weighted by Gasteiger charge is -2.38. The highest BCUT2D eigenvalue weighted by atomic mass is 16.6. The van der Waals surface area contributed by atoms with E-state index < -0.39 is 11.7 Å². The van der Waals surface area contributed by atoms with Crippen LogP contribution in [0.3, 0.4) is 0 Å². The van der Waals surface area contributed by atoms with Gasteiger partial charge in [-0.3, -0.25) is 4.79 Å². The summed E-state index contributed by atoms with van der Waals surface area (Å²) in [6.07, 6.45) is 5.39. The molecule has 4 aromatic rings. The maximum atomic E-state index is 13.9. The summed E-state index contributed by atoms with van der Waals surface area (Å²) in [4.78, 5) is 37.9. The second-order valence-electron chi connectivity index (χ2n) is 12.8. The molecule has 222 valence electrons. The summed E-state index contributed by atoms with van der Waals surface area (Å²) in [7, 11) is 3.61. The second-order valence-corrected chi connectivity index (χ2v) is 12.8. The van der Waals surface area contributed by atoms with E-state index in [-0.39, 0.29) is 18.0 Å². The molecule has 3 aromatic heterocycles. The Balaban J connectivity index is 1.33. The molecule has 1 saturated heterocycles. The van der Waals surface area contributed by atoms with Crippen molar-refractivity contribution in [2.45, 2.75) is 77.6 Å². The third-order valence-corrected chi connectivity index (χ3v) is 8.29. The van der Waals surface area contributed by atoms with Gasteiger partial charge in [0, 0.05) is 49.4 Å². The number of nitrogens with one attached hydrogen (secondary N) is 1. The van der Waals surface area contributed by atoms with Crippen molar-refractivity contribution in [3.05, 3.63) is 42.1 Å². The van der Waals surface area contributed by atoms with E-state index in [0.717, 1.165) is 47.5 Å². The van der Waals surface area contributed by atoms with Gasteiger partial charge in [0.25, 0.3) is 5.91 Å². The smallest absolute Gasteiger partial charge is 0.407 e. The monoisotopic (exact) mass is 572 g/mol. The number of nitrogens with zero attached hydrogens (tertiary/aromatic N) is 5. The average Bonchev–Trinajstić information content (AvgIpc) is 3.61. The number of ether oxygens (including phenoxy) is 2. The number of hydrogen-bond acceptors (Lipinski definition) is 6. The molecule has 1 aromatic carbocycles. The molecule has 1 aliphatic carbocycles. The zero-order valence-corrected chi connectivity index (χ0v) is 25.3. The van der Waals surface area contributed by atoms with Crippen LogP contribution in [0.1, 0.15) is 63.7 Å². The molecule has 6 rings (SSSR count). The minimum absolute atomic E-state index is 0.0285. The highest BCUT2D eigenvalue weighted by Gasteiger charge is 2.32. The Morgan fingerprint density at radius 2 is 1.90 bits per heavy atom. The molecule has 1 saturated carbocycles. The first kappa shape index (κ1) is 28.1. The van der Waals surface area contributed by atoms with Crippen molar-refractivity contribution in [1.29, 1.82) is 0 Å². The van der Waals surface area contributed by atoms with Crippen molar-refractivity contribution in [3.63, 3.8) is 0 Å². The topological polar surface area (TPSA) is 104 Å². The van der Waals surface area contributed by atoms with E-state index in [9.17, 15) is 9.59 Å². The van der Waals surface area contributed by atoms with Crippen LogP contribution in [-0.2, 0) is 18.3 Å². The molecule has 10 nitrogen and oxygen atoms in total. The predicted octanol–water partition coefficient (Wildman–Crippen LogP) is 5.53. The Labute approximate surface area is 246 Å². The molecule has 0 spiro atoms. The summed E-state index contributed by atoms with van der Waals surface area (Å²) in [6.45, 7) is 8.86. The Kier molecular flexibility index (Phi) is 7.11. The first-order valence-electron chi connectivity index (χ1n) is 14.8. The van der Waals surface area contributed by atoms with Gasteiger partial charge >= 0.3 is 6.09 Å². The van der Waals surface area contributed by atoms with Crippen LogP contribution in [0.5, 0.6) is 5.75 Å². The van der Waals surface area contributed by atoms with Gasteiger partial charge in [-0.25, -0.2) is 14.8 Å². The third-order valence-electron chi connectivity index (χ3n) is 8.29. The average molecular weight is 573 g/mol. The first-order valence-corrected chi connectivity index (χ1v) is 14.8. The summed E-state index contributed by atoms with van der Waals surface area (Å²) in [6, 6.07) is 9.69. The number of alkyl carbamates (subject to hydrolysis) is 1. The number of aryl methyl sites for hydroxylation is 1. The van der Waals surface area contributed by atoms with Gasteiger partial charge < -0.3 is 28.8 Å². The number of imidazole rings is 1. The van der Waals surface area contributed by atoms with Crippen molar-refractivity contribution in [1.82, 2.24) is 29.3 Å². The summed E-state index contributed by atoms with van der Waals surface area (Å²) < 4.78 is 15.6. The molecule has 4 heterocycles. The minimum atomic E-state index is -0.585. The standard InChI is InChI=1S/C32H40N6O4/c1-19-9-12-23(34-31(40)42-32(2,3)4)18-37(19)30(39)22-14-24-27(26(16-22)41-6)36(5)29(35-24)25-15-21-8-7-13-33-28(21)38(25)17-20-10-11-20/h7-8,13-16,19-20,23H,9-12,17-18H2,1-6H3,(H,34,40)/t19-,23+/m1/s1. The van der Waals surface area contributed by atoms with Crippen LogP contribution in [-0.4, -0.2) is 67.3 Å². The van der Waals surface area contributed by atoms with Crippen LogP contribution in [0, 0.1) is 5.92 Å². The zero-order chi connectivity index (χ0) is 29.8. The van der Waals surface area contributed by atoms with Crippen LogP contribution in [0.2, 0.25) is 0 Å². The molecule has 1 aliphatic heterocycles. The number of benzene rings is 1. The fraction of sp³-hybridized carbons (Fsp3) is 0.500. The molecule has 42 heavy (non-hydrogen) atoms. The quantitative estimate of drug-likeness (QED) is 0.326. The number of likely N-dealkylation sites (tertiary alicyclic amines) is 1. The summed E-state index contributed by atoms with van der Waals surface area (Å²) in [5.41, 5.74) is 3.41. The number of fused-ring (bicyclic) bond motifs is 2. The van der Waals surface area contributed by atoms with E-state index in [0.29, 0.717) is 29.3 Å². The van der Waals surface area contributed by atoms with Gasteiger partial charge in [-0.1, -0.05) is 0 Å². The van der Waals surface area contributed by atoms with E-state index in [1.54, 1.807) is 13.2 Å². The van der Waals surface area contributed by atoms with E-state index >= 15 is 0 Å². The molecule has 1 N–H and O–H groups in total. The fourth-order valence-corrected chi connectivity index (χ4v) is 5.98. The van der Waals surface area contributed by atoms with E-state index in [1.807, 2.05) is 62.5 Å². The number of amides is 2. The van der Waals surface area contributed by atoms with Crippen LogP contribution in [0.15, 0.2) is 36.5 Å². The maximum Gasteiger partial charge on any atom is 0.407 e. The largest absolute Gasteiger partial charge is 0.494 e. The molecule has 0 radical (unpaired) electrons. The number of aromatic nitrogens is 4. The number of hydrogen-bond donors (Lipinski definition) is 1. The maximum absolute atomic E-state index is 13.9. The van der Waals surface area contributed by atoms with E-state index in [4.69, 9.17) is 14.5 Å². The molecular weight excluding hydrogens is 532 g/mol. The lowest BCUT2D eigenvalue weighted by atomic mass is 9.98. The molecule has 10 heteroatoms. The van der Waals surface area contributed by atoms with Gasteiger partial charge in [-0.05, 0) is 89.6 Å². The van der Waals surface area contributed by atoms with Gasteiger partial charge in [0.1, 0.15) is 22.5 Å². The Morgan fingerprint density at radius 1 is 1.12 bits per heavy atom. The Bertz CT molecular complexity index is 1660. The normalized spacial score (nSPS) is 19.3. The lowest BCUT2D eigenvalue weighted by Crippen LogP contribution is -2.53. The second kappa shape index (κ2) is 10.6. The van der Waals surface area contributed by atoms with Gasteiger partial charge in [0.05, 0.1) is 18.3 Å². The van der Waals surface area contributed by atoms with Crippen molar-refractivity contribution < 1.29 is 19.1 Å². The Morgan fingerprint density at radius 3 is 2.62 bits per heavy atom. The molecule has 2 fully saturated rings. The molecule has 2 amide bonds. The van der Waals surface area contributed by atoms with Gasteiger partial charge in [-0.15, -0.1) is 0 Å². The number of methoxy groups -OCH3 is 1. The summed E-state index contributed by atoms with van der Waals surface area (Å²) in [5.74, 6) is 1.94. The Hall–Kier alpha value is -4.08. The molecule has 2 aliphatic rings. The fourth-order valence-electron chi connectivity index (χ4n) is 5.98. The van der Waals surface area contributed by atoms with Crippen molar-refractivity contribution in [3.8, 4) is 17.3 Å². The van der Waals surface area contributed by atoms with Crippen LogP contribution < -0.4 is 10.1 Å². The number of rotatable bonds is 6. The summed E-state index contributed by atoms with van der Waals surface area (Å²) >= 11 is 0. The van der Waals surface area contributed by atoms with Crippen LogP contribution in [0.25, 0.3) is 33.6 Å². The SMILES string of the molecule is COc1cc(C(=O)N2C[C@@H](NC(=O)OC(C)(C)C)CC[C@H]2C)cc2nc(-c3cc4cccnc4n3CC3CC3)n(C)c12. The zero-order valence-electron chi connectivity index (χ0n) is 25.3. The van der Waals surface area contributed by atoms with Gasteiger partial charge in [-0.2, -0.15) is 0 Å².